The summed E-state index contributed by atoms with van der Waals surface area (Å²) in [5.41, 5.74) is -0.114. The fraction of sp³-hybridized carbons (Fsp3) is 0.583. The normalized spacial score (nSPS) is 18.4. The predicted molar refractivity (Wildman–Crippen MR) is 61.1 cm³/mol. The average molecular weight is 239 g/mol. The number of hydrogen-bond donors (Lipinski definition) is 1. The van der Waals surface area contributed by atoms with Gasteiger partial charge < -0.3 is 5.11 Å². The molecule has 1 aliphatic heterocycles. The highest BCUT2D eigenvalue weighted by Gasteiger charge is 2.41. The standard InChI is InChI=1S/C12H17NO4/c1-7-5-9(14)13(11(7)17)8(6-10(15)16)12(2,3)4/h5,8H,6H2,1-4H3,(H,15,16). The van der Waals surface area contributed by atoms with E-state index in [0.717, 1.165) is 4.90 Å². The lowest BCUT2D eigenvalue weighted by Gasteiger charge is -2.35. The number of hydrogen-bond acceptors (Lipinski definition) is 3. The molecule has 0 radical (unpaired) electrons. The fourth-order valence-corrected chi connectivity index (χ4v) is 1.85. The van der Waals surface area contributed by atoms with Gasteiger partial charge in [0.25, 0.3) is 11.8 Å². The van der Waals surface area contributed by atoms with Gasteiger partial charge in [0.15, 0.2) is 0 Å². The monoisotopic (exact) mass is 239 g/mol. The number of carbonyl (C=O) groups excluding carboxylic acids is 2. The smallest absolute Gasteiger partial charge is 0.305 e. The van der Waals surface area contributed by atoms with Crippen LogP contribution in [0.25, 0.3) is 0 Å². The maximum atomic E-state index is 11.8. The third-order valence-corrected chi connectivity index (χ3v) is 2.81. The molecule has 0 aromatic heterocycles. The second-order valence-electron chi connectivity index (χ2n) is 5.32. The van der Waals surface area contributed by atoms with Crippen LogP contribution in [0.4, 0.5) is 0 Å². The molecule has 1 N–H and O–H groups in total. The maximum absolute atomic E-state index is 11.8. The largest absolute Gasteiger partial charge is 0.481 e. The van der Waals surface area contributed by atoms with Gasteiger partial charge >= 0.3 is 5.97 Å². The Morgan fingerprint density at radius 2 is 1.94 bits per heavy atom. The molecule has 0 aromatic carbocycles. The van der Waals surface area contributed by atoms with Gasteiger partial charge in [-0.3, -0.25) is 19.3 Å². The van der Waals surface area contributed by atoms with Crippen molar-refractivity contribution in [3.05, 3.63) is 11.6 Å². The van der Waals surface area contributed by atoms with E-state index in [1.54, 1.807) is 6.92 Å². The maximum Gasteiger partial charge on any atom is 0.305 e. The molecule has 1 rings (SSSR count). The minimum Gasteiger partial charge on any atom is -0.481 e. The van der Waals surface area contributed by atoms with Crippen molar-refractivity contribution >= 4 is 17.8 Å². The molecule has 0 saturated heterocycles. The van der Waals surface area contributed by atoms with E-state index in [2.05, 4.69) is 0 Å². The van der Waals surface area contributed by atoms with Crippen LogP contribution in [0.2, 0.25) is 0 Å². The Bertz CT molecular complexity index is 403. The van der Waals surface area contributed by atoms with Crippen LogP contribution in [-0.4, -0.2) is 33.8 Å². The first-order chi connectivity index (χ1) is 7.64. The third kappa shape index (κ3) is 2.72. The van der Waals surface area contributed by atoms with Crippen LogP contribution in [0.15, 0.2) is 11.6 Å². The summed E-state index contributed by atoms with van der Waals surface area (Å²) < 4.78 is 0. The molecule has 1 heterocycles. The number of amides is 2. The van der Waals surface area contributed by atoms with Crippen LogP contribution in [0.1, 0.15) is 34.1 Å². The summed E-state index contributed by atoms with van der Waals surface area (Å²) in [6.45, 7) is 7.00. The fourth-order valence-electron chi connectivity index (χ4n) is 1.85. The van der Waals surface area contributed by atoms with Gasteiger partial charge in [-0.1, -0.05) is 20.8 Å². The highest BCUT2D eigenvalue weighted by molar-refractivity contribution is 6.16. The molecule has 0 aliphatic carbocycles. The second kappa shape index (κ2) is 4.31. The minimum absolute atomic E-state index is 0.234. The number of nitrogens with zero attached hydrogens (tertiary/aromatic N) is 1. The first-order valence-corrected chi connectivity index (χ1v) is 5.42. The molecule has 17 heavy (non-hydrogen) atoms. The van der Waals surface area contributed by atoms with E-state index in [0.29, 0.717) is 5.57 Å². The molecule has 0 bridgehead atoms. The van der Waals surface area contributed by atoms with E-state index < -0.39 is 29.2 Å². The molecular weight excluding hydrogens is 222 g/mol. The zero-order chi connectivity index (χ0) is 13.4. The van der Waals surface area contributed by atoms with Crippen molar-refractivity contribution in [2.45, 2.75) is 40.2 Å². The zero-order valence-corrected chi connectivity index (χ0v) is 10.5. The number of carboxylic acid groups (broad SMARTS) is 1. The molecule has 1 aliphatic rings. The summed E-state index contributed by atoms with van der Waals surface area (Å²) >= 11 is 0. The van der Waals surface area contributed by atoms with Crippen LogP contribution in [0.5, 0.6) is 0 Å². The topological polar surface area (TPSA) is 74.7 Å². The van der Waals surface area contributed by atoms with E-state index in [4.69, 9.17) is 5.11 Å². The van der Waals surface area contributed by atoms with Crippen LogP contribution >= 0.6 is 0 Å². The zero-order valence-electron chi connectivity index (χ0n) is 10.5. The highest BCUT2D eigenvalue weighted by Crippen LogP contribution is 2.30. The van der Waals surface area contributed by atoms with E-state index in [1.165, 1.54) is 6.08 Å². The Kier molecular flexibility index (Phi) is 3.40. The molecule has 5 nitrogen and oxygen atoms in total. The van der Waals surface area contributed by atoms with Crippen molar-refractivity contribution in [2.75, 3.05) is 0 Å². The Balaban J connectivity index is 3.05. The predicted octanol–water partition coefficient (Wildman–Crippen LogP) is 1.19. The van der Waals surface area contributed by atoms with Crippen molar-refractivity contribution in [3.8, 4) is 0 Å². The van der Waals surface area contributed by atoms with Gasteiger partial charge in [-0.25, -0.2) is 0 Å². The molecule has 94 valence electrons. The quantitative estimate of drug-likeness (QED) is 0.751. The van der Waals surface area contributed by atoms with Crippen molar-refractivity contribution in [2.24, 2.45) is 5.41 Å². The summed E-state index contributed by atoms with van der Waals surface area (Å²) in [7, 11) is 0. The van der Waals surface area contributed by atoms with Gasteiger partial charge in [-0.15, -0.1) is 0 Å². The summed E-state index contributed by atoms with van der Waals surface area (Å²) in [5.74, 6) is -1.83. The van der Waals surface area contributed by atoms with E-state index >= 15 is 0 Å². The molecule has 1 atom stereocenters. The van der Waals surface area contributed by atoms with Crippen molar-refractivity contribution in [3.63, 3.8) is 0 Å². The van der Waals surface area contributed by atoms with Gasteiger partial charge in [0.2, 0.25) is 0 Å². The van der Waals surface area contributed by atoms with Crippen LogP contribution in [-0.2, 0) is 14.4 Å². The molecular formula is C12H17NO4. The summed E-state index contributed by atoms with van der Waals surface area (Å²) in [6.07, 6.45) is 1.02. The van der Waals surface area contributed by atoms with Gasteiger partial charge in [-0.2, -0.15) is 0 Å². The molecule has 2 amide bonds. The van der Waals surface area contributed by atoms with Crippen LogP contribution in [0, 0.1) is 5.41 Å². The van der Waals surface area contributed by atoms with Crippen molar-refractivity contribution < 1.29 is 19.5 Å². The molecule has 1 unspecified atom stereocenters. The molecule has 0 saturated carbocycles. The van der Waals surface area contributed by atoms with Crippen LogP contribution < -0.4 is 0 Å². The minimum atomic E-state index is -1.02. The Morgan fingerprint density at radius 1 is 1.41 bits per heavy atom. The van der Waals surface area contributed by atoms with Gasteiger partial charge in [0.1, 0.15) is 0 Å². The average Bonchev–Trinajstić information content (AvgIpc) is 2.36. The first kappa shape index (κ1) is 13.4. The van der Waals surface area contributed by atoms with E-state index in [9.17, 15) is 14.4 Å². The number of aliphatic carboxylic acids is 1. The van der Waals surface area contributed by atoms with Gasteiger partial charge in [0, 0.05) is 11.6 Å². The Hall–Kier alpha value is -1.65. The van der Waals surface area contributed by atoms with Gasteiger partial charge in [0.05, 0.1) is 12.5 Å². The second-order valence-corrected chi connectivity index (χ2v) is 5.32. The van der Waals surface area contributed by atoms with E-state index in [1.807, 2.05) is 20.8 Å². The number of carbonyl (C=O) groups is 3. The van der Waals surface area contributed by atoms with Crippen molar-refractivity contribution in [1.29, 1.82) is 0 Å². The molecule has 0 spiro atoms. The lowest BCUT2D eigenvalue weighted by Crippen LogP contribution is -2.48. The summed E-state index contributed by atoms with van der Waals surface area (Å²) in [6, 6.07) is -0.631. The van der Waals surface area contributed by atoms with Gasteiger partial charge in [-0.05, 0) is 12.3 Å². The molecule has 0 fully saturated rings. The summed E-state index contributed by atoms with van der Waals surface area (Å²) in [4.78, 5) is 35.4. The number of carboxylic acids is 1. The lowest BCUT2D eigenvalue weighted by atomic mass is 9.83. The van der Waals surface area contributed by atoms with Crippen LogP contribution in [0.3, 0.4) is 0 Å². The lowest BCUT2D eigenvalue weighted by molar-refractivity contribution is -0.146. The molecule has 0 aromatic rings. The SMILES string of the molecule is CC1=CC(=O)N(C(CC(=O)O)C(C)(C)C)C1=O. The van der Waals surface area contributed by atoms with Crippen molar-refractivity contribution in [1.82, 2.24) is 4.90 Å². The third-order valence-electron chi connectivity index (χ3n) is 2.81. The number of rotatable bonds is 3. The first-order valence-electron chi connectivity index (χ1n) is 5.42. The highest BCUT2D eigenvalue weighted by atomic mass is 16.4. The molecule has 5 heteroatoms. The Labute approximate surface area is 100 Å². The number of imide groups is 1. The van der Waals surface area contributed by atoms with E-state index in [-0.39, 0.29) is 6.42 Å². The summed E-state index contributed by atoms with van der Waals surface area (Å²) in [5, 5.41) is 8.88. The Morgan fingerprint density at radius 3 is 2.24 bits per heavy atom.